The van der Waals surface area contributed by atoms with Gasteiger partial charge in [0.15, 0.2) is 0 Å². The molecule has 0 fully saturated rings. The van der Waals surface area contributed by atoms with E-state index in [-0.39, 0.29) is 11.0 Å². The number of halogens is 1. The summed E-state index contributed by atoms with van der Waals surface area (Å²) < 4.78 is 36.1. The first-order chi connectivity index (χ1) is 13.8. The lowest BCUT2D eigenvalue weighted by Crippen LogP contribution is -2.21. The van der Waals surface area contributed by atoms with E-state index in [1.54, 1.807) is 25.3 Å². The quantitative estimate of drug-likeness (QED) is 0.680. The summed E-state index contributed by atoms with van der Waals surface area (Å²) in [4.78, 5) is 0.0573. The third kappa shape index (κ3) is 3.76. The third-order valence-corrected chi connectivity index (χ3v) is 6.16. The SMILES string of the molecule is COc1cc(-n2nc(-c3ccc(S(N)(=O)=O)cc3)c3c2C[C@H](C)OC3)ccc1Cl. The van der Waals surface area contributed by atoms with Gasteiger partial charge in [0.05, 0.1) is 46.8 Å². The minimum absolute atomic E-state index is 0.0573. The predicted octanol–water partition coefficient (Wildman–Crippen LogP) is 3.31. The molecule has 1 atom stereocenters. The molecule has 4 rings (SSSR count). The molecule has 1 aliphatic heterocycles. The molecule has 1 aliphatic rings. The van der Waals surface area contributed by atoms with Crippen LogP contribution in [0.3, 0.4) is 0 Å². The zero-order valence-corrected chi connectivity index (χ0v) is 17.5. The maximum absolute atomic E-state index is 11.5. The average Bonchev–Trinajstić information content (AvgIpc) is 3.06. The highest BCUT2D eigenvalue weighted by atomic mass is 35.5. The molecule has 2 N–H and O–H groups in total. The van der Waals surface area contributed by atoms with Crippen molar-refractivity contribution in [3.63, 3.8) is 0 Å². The monoisotopic (exact) mass is 433 g/mol. The van der Waals surface area contributed by atoms with Gasteiger partial charge in [-0.05, 0) is 31.2 Å². The van der Waals surface area contributed by atoms with E-state index in [1.165, 1.54) is 12.1 Å². The highest BCUT2D eigenvalue weighted by molar-refractivity contribution is 7.89. The molecule has 0 bridgehead atoms. The highest BCUT2D eigenvalue weighted by Crippen LogP contribution is 2.34. The van der Waals surface area contributed by atoms with Crippen LogP contribution in [0.1, 0.15) is 18.2 Å². The normalized spacial score (nSPS) is 16.5. The number of hydrogen-bond donors (Lipinski definition) is 1. The van der Waals surface area contributed by atoms with E-state index in [0.717, 1.165) is 28.2 Å². The number of nitrogens with zero attached hydrogens (tertiary/aromatic N) is 2. The Kier molecular flexibility index (Phi) is 5.12. The molecule has 9 heteroatoms. The lowest BCUT2D eigenvalue weighted by molar-refractivity contribution is 0.0401. The summed E-state index contributed by atoms with van der Waals surface area (Å²) in [6.45, 7) is 2.44. The van der Waals surface area contributed by atoms with Gasteiger partial charge in [0.1, 0.15) is 5.75 Å². The number of methoxy groups -OCH3 is 1. The number of primary sulfonamides is 1. The molecular weight excluding hydrogens is 414 g/mol. The topological polar surface area (TPSA) is 96.4 Å². The zero-order chi connectivity index (χ0) is 20.8. The fourth-order valence-electron chi connectivity index (χ4n) is 3.43. The Morgan fingerprint density at radius 3 is 2.62 bits per heavy atom. The predicted molar refractivity (Wildman–Crippen MR) is 110 cm³/mol. The summed E-state index contributed by atoms with van der Waals surface area (Å²) in [5.41, 5.74) is 4.36. The first kappa shape index (κ1) is 19.9. The molecule has 0 amide bonds. The number of ether oxygens (including phenoxy) is 2. The summed E-state index contributed by atoms with van der Waals surface area (Å²) >= 11 is 6.17. The molecule has 0 saturated carbocycles. The second-order valence-corrected chi connectivity index (χ2v) is 8.87. The minimum Gasteiger partial charge on any atom is -0.495 e. The van der Waals surface area contributed by atoms with Crippen LogP contribution >= 0.6 is 11.6 Å². The van der Waals surface area contributed by atoms with Crippen LogP contribution in [-0.2, 0) is 27.8 Å². The summed E-state index contributed by atoms with van der Waals surface area (Å²) in [5, 5.41) is 10.5. The standard InChI is InChI=1S/C20H20ClN3O4S/c1-12-9-18-16(11-28-12)20(13-3-6-15(7-4-13)29(22,25)26)23-24(18)14-5-8-17(21)19(10-14)27-2/h3-8,10,12H,9,11H2,1-2H3,(H2,22,25,26)/t12-/m0/s1. The van der Waals surface area contributed by atoms with Crippen LogP contribution in [0.5, 0.6) is 5.75 Å². The highest BCUT2D eigenvalue weighted by Gasteiger charge is 2.26. The van der Waals surface area contributed by atoms with Crippen LogP contribution in [0.15, 0.2) is 47.4 Å². The summed E-state index contributed by atoms with van der Waals surface area (Å²) in [5.74, 6) is 0.563. The number of aromatic nitrogens is 2. The van der Waals surface area contributed by atoms with Crippen molar-refractivity contribution >= 4 is 21.6 Å². The fraction of sp³-hybridized carbons (Fsp3) is 0.250. The van der Waals surface area contributed by atoms with Gasteiger partial charge >= 0.3 is 0 Å². The van der Waals surface area contributed by atoms with E-state index in [9.17, 15) is 8.42 Å². The van der Waals surface area contributed by atoms with Gasteiger partial charge in [-0.25, -0.2) is 18.2 Å². The van der Waals surface area contributed by atoms with E-state index in [2.05, 4.69) is 0 Å². The average molecular weight is 434 g/mol. The lowest BCUT2D eigenvalue weighted by Gasteiger charge is -2.21. The Hall–Kier alpha value is -2.39. The largest absolute Gasteiger partial charge is 0.495 e. The van der Waals surface area contributed by atoms with Crippen LogP contribution in [0, 0.1) is 0 Å². The Bertz CT molecular complexity index is 1170. The molecule has 0 radical (unpaired) electrons. The molecule has 3 aromatic rings. The van der Waals surface area contributed by atoms with Crippen molar-refractivity contribution in [1.29, 1.82) is 0 Å². The van der Waals surface area contributed by atoms with E-state index in [1.807, 2.05) is 23.7 Å². The van der Waals surface area contributed by atoms with Crippen molar-refractivity contribution < 1.29 is 17.9 Å². The van der Waals surface area contributed by atoms with Gasteiger partial charge in [-0.15, -0.1) is 0 Å². The lowest BCUT2D eigenvalue weighted by atomic mass is 10.0. The molecule has 152 valence electrons. The molecule has 0 unspecified atom stereocenters. The van der Waals surface area contributed by atoms with Crippen molar-refractivity contribution in [2.75, 3.05) is 7.11 Å². The minimum atomic E-state index is -3.75. The van der Waals surface area contributed by atoms with E-state index in [4.69, 9.17) is 31.3 Å². The van der Waals surface area contributed by atoms with Gasteiger partial charge in [-0.2, -0.15) is 5.10 Å². The maximum Gasteiger partial charge on any atom is 0.238 e. The number of hydrogen-bond acceptors (Lipinski definition) is 5. The molecule has 7 nitrogen and oxygen atoms in total. The molecule has 0 aliphatic carbocycles. The molecule has 29 heavy (non-hydrogen) atoms. The second kappa shape index (κ2) is 7.46. The van der Waals surface area contributed by atoms with Crippen molar-refractivity contribution in [3.8, 4) is 22.7 Å². The number of rotatable bonds is 4. The second-order valence-electron chi connectivity index (χ2n) is 6.90. The summed E-state index contributed by atoms with van der Waals surface area (Å²) in [7, 11) is -2.19. The third-order valence-electron chi connectivity index (χ3n) is 4.92. The number of fused-ring (bicyclic) bond motifs is 1. The number of nitrogens with two attached hydrogens (primary N) is 1. The summed E-state index contributed by atoms with van der Waals surface area (Å²) in [6, 6.07) is 11.9. The van der Waals surface area contributed by atoms with Gasteiger partial charge in [0.25, 0.3) is 0 Å². The zero-order valence-electron chi connectivity index (χ0n) is 15.9. The molecule has 2 aromatic carbocycles. The van der Waals surface area contributed by atoms with Gasteiger partial charge in [-0.1, -0.05) is 23.7 Å². The molecule has 2 heterocycles. The van der Waals surface area contributed by atoms with Crippen molar-refractivity contribution in [3.05, 3.63) is 58.7 Å². The molecular formula is C20H20ClN3O4S. The molecule has 0 spiro atoms. The molecule has 0 saturated heterocycles. The van der Waals surface area contributed by atoms with Gasteiger partial charge in [0, 0.05) is 23.6 Å². The van der Waals surface area contributed by atoms with Crippen LogP contribution in [0.25, 0.3) is 16.9 Å². The van der Waals surface area contributed by atoms with Crippen molar-refractivity contribution in [1.82, 2.24) is 9.78 Å². The van der Waals surface area contributed by atoms with Crippen LogP contribution in [-0.4, -0.2) is 31.4 Å². The Labute approximate surface area is 174 Å². The van der Waals surface area contributed by atoms with E-state index < -0.39 is 10.0 Å². The number of benzene rings is 2. The Balaban J connectivity index is 1.85. The van der Waals surface area contributed by atoms with Crippen molar-refractivity contribution in [2.24, 2.45) is 5.14 Å². The first-order valence-corrected chi connectivity index (χ1v) is 10.9. The maximum atomic E-state index is 11.5. The molecule has 1 aromatic heterocycles. The van der Waals surface area contributed by atoms with Gasteiger partial charge in [0.2, 0.25) is 10.0 Å². The van der Waals surface area contributed by atoms with Gasteiger partial charge < -0.3 is 9.47 Å². The van der Waals surface area contributed by atoms with E-state index in [0.29, 0.717) is 23.8 Å². The van der Waals surface area contributed by atoms with Crippen LogP contribution < -0.4 is 9.88 Å². The Morgan fingerprint density at radius 1 is 1.24 bits per heavy atom. The Morgan fingerprint density at radius 2 is 1.97 bits per heavy atom. The van der Waals surface area contributed by atoms with Crippen LogP contribution in [0.2, 0.25) is 5.02 Å². The number of sulfonamides is 1. The smallest absolute Gasteiger partial charge is 0.238 e. The first-order valence-electron chi connectivity index (χ1n) is 8.97. The van der Waals surface area contributed by atoms with Gasteiger partial charge in [-0.3, -0.25) is 0 Å². The fourth-order valence-corrected chi connectivity index (χ4v) is 4.14. The van der Waals surface area contributed by atoms with Crippen molar-refractivity contribution in [2.45, 2.75) is 31.0 Å². The summed E-state index contributed by atoms with van der Waals surface area (Å²) in [6.07, 6.45) is 0.757. The van der Waals surface area contributed by atoms with E-state index >= 15 is 0 Å². The van der Waals surface area contributed by atoms with Crippen LogP contribution in [0.4, 0.5) is 0 Å².